The molecule has 0 saturated carbocycles. The number of ether oxygens (including phenoxy) is 1. The van der Waals surface area contributed by atoms with Gasteiger partial charge in [0.2, 0.25) is 10.0 Å². The molecule has 2 aromatic carbocycles. The van der Waals surface area contributed by atoms with E-state index in [-0.39, 0.29) is 0 Å². The zero-order valence-electron chi connectivity index (χ0n) is 18.0. The molecule has 6 nitrogen and oxygen atoms in total. The van der Waals surface area contributed by atoms with Crippen molar-refractivity contribution in [1.29, 1.82) is 0 Å². The number of rotatable bonds is 8. The SMILES string of the molecule is CCCOc1ccc(S(=O)(=O)NCC2CCN(c3nc4ccccc4s3)CC2)cc1C. The van der Waals surface area contributed by atoms with E-state index in [9.17, 15) is 8.42 Å². The van der Waals surface area contributed by atoms with Crippen molar-refractivity contribution in [3.8, 4) is 5.75 Å². The maximum Gasteiger partial charge on any atom is 0.240 e. The molecular formula is C23H29N3O3S2. The lowest BCUT2D eigenvalue weighted by molar-refractivity contribution is 0.315. The smallest absolute Gasteiger partial charge is 0.240 e. The number of piperidine rings is 1. The number of sulfonamides is 1. The number of thiazole rings is 1. The molecule has 1 aliphatic rings. The van der Waals surface area contributed by atoms with Gasteiger partial charge in [0.05, 0.1) is 21.7 Å². The highest BCUT2D eigenvalue weighted by molar-refractivity contribution is 7.89. The zero-order valence-corrected chi connectivity index (χ0v) is 19.6. The van der Waals surface area contributed by atoms with Crippen molar-refractivity contribution in [2.24, 2.45) is 5.92 Å². The van der Waals surface area contributed by atoms with Gasteiger partial charge in [0.15, 0.2) is 5.13 Å². The Balaban J connectivity index is 1.32. The van der Waals surface area contributed by atoms with Crippen LogP contribution < -0.4 is 14.4 Å². The van der Waals surface area contributed by atoms with E-state index in [1.165, 1.54) is 4.70 Å². The van der Waals surface area contributed by atoms with E-state index in [1.54, 1.807) is 29.5 Å². The van der Waals surface area contributed by atoms with Crippen LogP contribution in [0.5, 0.6) is 5.75 Å². The van der Waals surface area contributed by atoms with E-state index in [1.807, 2.05) is 32.0 Å². The van der Waals surface area contributed by atoms with Crippen molar-refractivity contribution in [3.05, 3.63) is 48.0 Å². The fourth-order valence-electron chi connectivity index (χ4n) is 3.80. The summed E-state index contributed by atoms with van der Waals surface area (Å²) in [4.78, 5) is 7.35. The van der Waals surface area contributed by atoms with E-state index in [0.717, 1.165) is 54.3 Å². The Kier molecular flexibility index (Phi) is 6.79. The molecule has 0 unspecified atom stereocenters. The molecule has 0 atom stereocenters. The van der Waals surface area contributed by atoms with Gasteiger partial charge < -0.3 is 9.64 Å². The number of aromatic nitrogens is 1. The van der Waals surface area contributed by atoms with Crippen LogP contribution in [0.25, 0.3) is 10.2 Å². The van der Waals surface area contributed by atoms with Gasteiger partial charge >= 0.3 is 0 Å². The molecule has 0 aliphatic carbocycles. The van der Waals surface area contributed by atoms with Crippen LogP contribution in [-0.4, -0.2) is 39.6 Å². The number of nitrogens with zero attached hydrogens (tertiary/aromatic N) is 2. The number of hydrogen-bond donors (Lipinski definition) is 1. The molecule has 1 aromatic heterocycles. The first-order valence-corrected chi connectivity index (χ1v) is 13.1. The molecule has 4 rings (SSSR count). The quantitative estimate of drug-likeness (QED) is 0.534. The molecule has 1 fully saturated rings. The van der Waals surface area contributed by atoms with Gasteiger partial charge in [0, 0.05) is 19.6 Å². The van der Waals surface area contributed by atoms with Crippen LogP contribution in [0.2, 0.25) is 0 Å². The van der Waals surface area contributed by atoms with E-state index < -0.39 is 10.0 Å². The molecule has 0 spiro atoms. The largest absolute Gasteiger partial charge is 0.493 e. The Morgan fingerprint density at radius 3 is 2.68 bits per heavy atom. The summed E-state index contributed by atoms with van der Waals surface area (Å²) in [5, 5.41) is 1.06. The van der Waals surface area contributed by atoms with Gasteiger partial charge in [0.25, 0.3) is 0 Å². The van der Waals surface area contributed by atoms with Crippen LogP contribution in [0.3, 0.4) is 0 Å². The molecule has 1 saturated heterocycles. The summed E-state index contributed by atoms with van der Waals surface area (Å²) >= 11 is 1.72. The number of aryl methyl sites for hydroxylation is 1. The van der Waals surface area contributed by atoms with E-state index in [0.29, 0.717) is 24.0 Å². The van der Waals surface area contributed by atoms with Gasteiger partial charge in [-0.25, -0.2) is 18.1 Å². The van der Waals surface area contributed by atoms with Crippen molar-refractivity contribution in [2.75, 3.05) is 31.1 Å². The lowest BCUT2D eigenvalue weighted by atomic mass is 9.97. The molecule has 0 bridgehead atoms. The van der Waals surface area contributed by atoms with Gasteiger partial charge in [0.1, 0.15) is 5.75 Å². The van der Waals surface area contributed by atoms with Gasteiger partial charge in [-0.15, -0.1) is 0 Å². The molecule has 3 aromatic rings. The summed E-state index contributed by atoms with van der Waals surface area (Å²) in [5.41, 5.74) is 1.87. The summed E-state index contributed by atoms with van der Waals surface area (Å²) in [5.74, 6) is 1.07. The summed E-state index contributed by atoms with van der Waals surface area (Å²) in [6.07, 6.45) is 2.81. The zero-order chi connectivity index (χ0) is 21.8. The van der Waals surface area contributed by atoms with Gasteiger partial charge in [-0.2, -0.15) is 0 Å². The number of para-hydroxylation sites is 1. The van der Waals surface area contributed by atoms with Crippen LogP contribution >= 0.6 is 11.3 Å². The van der Waals surface area contributed by atoms with Crippen molar-refractivity contribution in [1.82, 2.24) is 9.71 Å². The summed E-state index contributed by atoms with van der Waals surface area (Å²) in [6.45, 7) is 6.80. The Hall–Kier alpha value is -2.16. The highest BCUT2D eigenvalue weighted by Crippen LogP contribution is 2.31. The normalized spacial score (nSPS) is 15.5. The van der Waals surface area contributed by atoms with E-state index >= 15 is 0 Å². The number of hydrogen-bond acceptors (Lipinski definition) is 6. The number of nitrogens with one attached hydrogen (secondary N) is 1. The van der Waals surface area contributed by atoms with Crippen LogP contribution in [0.1, 0.15) is 31.7 Å². The fourth-order valence-corrected chi connectivity index (χ4v) is 6.02. The van der Waals surface area contributed by atoms with Gasteiger partial charge in [-0.1, -0.05) is 30.4 Å². The fraction of sp³-hybridized carbons (Fsp3) is 0.435. The molecular weight excluding hydrogens is 430 g/mol. The van der Waals surface area contributed by atoms with Gasteiger partial charge in [-0.05, 0) is 68.0 Å². The Morgan fingerprint density at radius 2 is 1.97 bits per heavy atom. The van der Waals surface area contributed by atoms with E-state index in [4.69, 9.17) is 9.72 Å². The second-order valence-electron chi connectivity index (χ2n) is 8.02. The van der Waals surface area contributed by atoms with Crippen molar-refractivity contribution in [2.45, 2.75) is 38.0 Å². The molecule has 0 radical (unpaired) electrons. The monoisotopic (exact) mass is 459 g/mol. The van der Waals surface area contributed by atoms with Crippen molar-refractivity contribution < 1.29 is 13.2 Å². The third-order valence-electron chi connectivity index (χ3n) is 5.65. The number of anilines is 1. The first-order valence-electron chi connectivity index (χ1n) is 10.8. The van der Waals surface area contributed by atoms with Gasteiger partial charge in [-0.3, -0.25) is 0 Å². The molecule has 0 amide bonds. The number of fused-ring (bicyclic) bond motifs is 1. The predicted molar refractivity (Wildman–Crippen MR) is 127 cm³/mol. The first-order chi connectivity index (χ1) is 15.0. The first kappa shape index (κ1) is 22.0. The highest BCUT2D eigenvalue weighted by Gasteiger charge is 2.24. The average Bonchev–Trinajstić information content (AvgIpc) is 3.21. The number of benzene rings is 2. The van der Waals surface area contributed by atoms with Crippen LogP contribution in [-0.2, 0) is 10.0 Å². The van der Waals surface area contributed by atoms with Crippen LogP contribution in [0.15, 0.2) is 47.4 Å². The Bertz CT molecular complexity index is 1100. The second kappa shape index (κ2) is 9.54. The lowest BCUT2D eigenvalue weighted by Gasteiger charge is -2.31. The second-order valence-corrected chi connectivity index (χ2v) is 10.8. The minimum absolute atomic E-state index is 0.292. The average molecular weight is 460 g/mol. The summed E-state index contributed by atoms with van der Waals surface area (Å²) in [7, 11) is -3.53. The topological polar surface area (TPSA) is 71.5 Å². The third-order valence-corrected chi connectivity index (χ3v) is 8.17. The van der Waals surface area contributed by atoms with Crippen LogP contribution in [0, 0.1) is 12.8 Å². The van der Waals surface area contributed by atoms with Crippen molar-refractivity contribution in [3.63, 3.8) is 0 Å². The Labute approximate surface area is 188 Å². The Morgan fingerprint density at radius 1 is 1.19 bits per heavy atom. The maximum absolute atomic E-state index is 12.8. The molecule has 8 heteroatoms. The molecule has 2 heterocycles. The standard InChI is InChI=1S/C23H29N3O3S2/c1-3-14-29-21-9-8-19(15-17(21)2)31(27,28)24-16-18-10-12-26(13-11-18)23-25-20-6-4-5-7-22(20)30-23/h4-9,15,18,24H,3,10-14,16H2,1-2H3. The van der Waals surface area contributed by atoms with E-state index in [2.05, 4.69) is 15.7 Å². The molecule has 166 valence electrons. The van der Waals surface area contributed by atoms with Crippen LogP contribution in [0.4, 0.5) is 5.13 Å². The summed E-state index contributed by atoms with van der Waals surface area (Å²) < 4.78 is 35.2. The predicted octanol–water partition coefficient (Wildman–Crippen LogP) is 4.59. The lowest BCUT2D eigenvalue weighted by Crippen LogP contribution is -2.38. The third kappa shape index (κ3) is 5.19. The molecule has 1 N–H and O–H groups in total. The minimum Gasteiger partial charge on any atom is -0.493 e. The molecule has 31 heavy (non-hydrogen) atoms. The van der Waals surface area contributed by atoms with Crippen molar-refractivity contribution >= 4 is 36.7 Å². The minimum atomic E-state index is -3.53. The maximum atomic E-state index is 12.8. The highest BCUT2D eigenvalue weighted by atomic mass is 32.2. The summed E-state index contributed by atoms with van der Waals surface area (Å²) in [6, 6.07) is 13.2. The molecule has 1 aliphatic heterocycles.